The molecule has 108 valence electrons. The van der Waals surface area contributed by atoms with Gasteiger partial charge in [-0.15, -0.1) is 11.3 Å². The van der Waals surface area contributed by atoms with Crippen molar-refractivity contribution in [3.63, 3.8) is 0 Å². The molecule has 2 aromatic rings. The molecule has 0 amide bonds. The van der Waals surface area contributed by atoms with Gasteiger partial charge in [-0.1, -0.05) is 18.2 Å². The van der Waals surface area contributed by atoms with Crippen LogP contribution in [0.2, 0.25) is 0 Å². The van der Waals surface area contributed by atoms with Gasteiger partial charge in [0.1, 0.15) is 6.10 Å². The van der Waals surface area contributed by atoms with Gasteiger partial charge in [0.25, 0.3) is 0 Å². The van der Waals surface area contributed by atoms with Gasteiger partial charge in [-0.05, 0) is 29.5 Å². The van der Waals surface area contributed by atoms with E-state index in [4.69, 9.17) is 4.74 Å². The Bertz CT molecular complexity index is 679. The summed E-state index contributed by atoms with van der Waals surface area (Å²) >= 11 is 1.87. The van der Waals surface area contributed by atoms with Gasteiger partial charge in [0.2, 0.25) is 0 Å². The van der Waals surface area contributed by atoms with Crippen molar-refractivity contribution >= 4 is 17.3 Å². The number of cyclic esters (lactones) is 1. The lowest BCUT2D eigenvalue weighted by molar-refractivity contribution is 0.0341. The number of hydrogen-bond acceptors (Lipinski definition) is 4. The number of carbonyl (C=O) groups is 1. The Morgan fingerprint density at radius 1 is 1.29 bits per heavy atom. The predicted molar refractivity (Wildman–Crippen MR) is 82.5 cm³/mol. The average Bonchev–Trinajstić information content (AvgIpc) is 3.10. The Morgan fingerprint density at radius 3 is 3.14 bits per heavy atom. The van der Waals surface area contributed by atoms with Crippen LogP contribution in [0, 0.1) is 0 Å². The van der Waals surface area contributed by atoms with Gasteiger partial charge in [-0.2, -0.15) is 0 Å². The molecular weight excluding hydrogens is 282 g/mol. The number of benzene rings is 1. The normalized spacial score (nSPS) is 21.0. The molecule has 0 fully saturated rings. The molecule has 0 aliphatic carbocycles. The fraction of sp³-hybridized carbons (Fsp3) is 0.353. The number of ether oxygens (including phenoxy) is 1. The molecule has 1 aromatic carbocycles. The number of esters is 1. The van der Waals surface area contributed by atoms with Crippen LogP contribution in [-0.4, -0.2) is 24.0 Å². The Morgan fingerprint density at radius 2 is 2.19 bits per heavy atom. The molecule has 4 heteroatoms. The highest BCUT2D eigenvalue weighted by Gasteiger charge is 2.30. The molecule has 3 nitrogen and oxygen atoms in total. The topological polar surface area (TPSA) is 29.5 Å². The monoisotopic (exact) mass is 299 g/mol. The number of thiophene rings is 1. The van der Waals surface area contributed by atoms with E-state index >= 15 is 0 Å². The molecule has 1 unspecified atom stereocenters. The fourth-order valence-electron chi connectivity index (χ4n) is 3.23. The highest BCUT2D eigenvalue weighted by Crippen LogP contribution is 2.33. The minimum absolute atomic E-state index is 0.0717. The van der Waals surface area contributed by atoms with Crippen LogP contribution in [0.1, 0.15) is 38.9 Å². The first-order valence-electron chi connectivity index (χ1n) is 7.39. The SMILES string of the molecule is O=C1OC(CCN2CCc3sccc3C2)c2ccccc21. The lowest BCUT2D eigenvalue weighted by atomic mass is 10.0. The average molecular weight is 299 g/mol. The van der Waals surface area contributed by atoms with Crippen LogP contribution in [-0.2, 0) is 17.7 Å². The highest BCUT2D eigenvalue weighted by atomic mass is 32.1. The van der Waals surface area contributed by atoms with Crippen molar-refractivity contribution < 1.29 is 9.53 Å². The van der Waals surface area contributed by atoms with E-state index in [2.05, 4.69) is 16.3 Å². The van der Waals surface area contributed by atoms with E-state index in [-0.39, 0.29) is 12.1 Å². The third-order valence-electron chi connectivity index (χ3n) is 4.37. The number of hydrogen-bond donors (Lipinski definition) is 0. The summed E-state index contributed by atoms with van der Waals surface area (Å²) in [5, 5.41) is 2.18. The molecular formula is C17H17NO2S. The van der Waals surface area contributed by atoms with Gasteiger partial charge in [0.05, 0.1) is 5.56 Å². The van der Waals surface area contributed by atoms with Crippen LogP contribution in [0.5, 0.6) is 0 Å². The zero-order valence-electron chi connectivity index (χ0n) is 11.7. The van der Waals surface area contributed by atoms with Crippen molar-refractivity contribution in [2.75, 3.05) is 13.1 Å². The van der Waals surface area contributed by atoms with E-state index in [9.17, 15) is 4.79 Å². The Hall–Kier alpha value is -1.65. The Kier molecular flexibility index (Phi) is 3.28. The summed E-state index contributed by atoms with van der Waals surface area (Å²) in [5.41, 5.74) is 3.26. The molecule has 0 spiro atoms. The standard InChI is InChI=1S/C17H17NO2S/c19-17-14-4-2-1-3-13(14)15(20-17)5-8-18-9-6-16-12(11-18)7-10-21-16/h1-4,7,10,15H,5-6,8-9,11H2. The smallest absolute Gasteiger partial charge is 0.339 e. The number of rotatable bonds is 3. The molecule has 2 aliphatic rings. The molecule has 0 N–H and O–H groups in total. The van der Waals surface area contributed by atoms with Crippen molar-refractivity contribution in [3.8, 4) is 0 Å². The summed E-state index contributed by atoms with van der Waals surface area (Å²) in [6.07, 6.45) is 1.95. The number of carbonyl (C=O) groups excluding carboxylic acids is 1. The van der Waals surface area contributed by atoms with E-state index in [1.54, 1.807) is 0 Å². The Balaban J connectivity index is 1.41. The van der Waals surface area contributed by atoms with E-state index in [0.29, 0.717) is 0 Å². The molecule has 0 saturated carbocycles. The van der Waals surface area contributed by atoms with Gasteiger partial charge in [0, 0.05) is 36.5 Å². The van der Waals surface area contributed by atoms with Gasteiger partial charge >= 0.3 is 5.97 Å². The lowest BCUT2D eigenvalue weighted by Crippen LogP contribution is -2.31. The first kappa shape index (κ1) is 13.0. The summed E-state index contributed by atoms with van der Waals surface area (Å²) in [5.74, 6) is -0.172. The predicted octanol–water partition coefficient (Wildman–Crippen LogP) is 3.41. The van der Waals surface area contributed by atoms with Gasteiger partial charge < -0.3 is 4.74 Å². The van der Waals surface area contributed by atoms with Crippen LogP contribution in [0.3, 0.4) is 0 Å². The Labute approximate surface area is 128 Å². The van der Waals surface area contributed by atoms with Crippen molar-refractivity contribution in [2.24, 2.45) is 0 Å². The zero-order valence-corrected chi connectivity index (χ0v) is 12.6. The maximum Gasteiger partial charge on any atom is 0.339 e. The van der Waals surface area contributed by atoms with Crippen molar-refractivity contribution in [3.05, 3.63) is 57.3 Å². The number of nitrogens with zero attached hydrogens (tertiary/aromatic N) is 1. The molecule has 0 bridgehead atoms. The second kappa shape index (κ2) is 5.28. The van der Waals surface area contributed by atoms with Crippen LogP contribution in [0.4, 0.5) is 0 Å². The van der Waals surface area contributed by atoms with Gasteiger partial charge in [0.15, 0.2) is 0 Å². The molecule has 3 heterocycles. The minimum atomic E-state index is -0.172. The molecule has 1 aromatic heterocycles. The van der Waals surface area contributed by atoms with Gasteiger partial charge in [-0.25, -0.2) is 4.79 Å². The van der Waals surface area contributed by atoms with Crippen LogP contribution in [0.25, 0.3) is 0 Å². The molecule has 4 rings (SSSR count). The highest BCUT2D eigenvalue weighted by molar-refractivity contribution is 7.10. The maximum absolute atomic E-state index is 11.8. The van der Waals surface area contributed by atoms with Crippen molar-refractivity contribution in [2.45, 2.75) is 25.5 Å². The molecule has 2 aliphatic heterocycles. The maximum atomic E-state index is 11.8. The molecule has 1 atom stereocenters. The zero-order chi connectivity index (χ0) is 14.2. The summed E-state index contributed by atoms with van der Waals surface area (Å²) in [7, 11) is 0. The molecule has 0 saturated heterocycles. The summed E-state index contributed by atoms with van der Waals surface area (Å²) < 4.78 is 5.51. The van der Waals surface area contributed by atoms with Crippen molar-refractivity contribution in [1.82, 2.24) is 4.90 Å². The second-order valence-electron chi connectivity index (χ2n) is 5.67. The first-order chi connectivity index (χ1) is 10.3. The summed E-state index contributed by atoms with van der Waals surface area (Å²) in [4.78, 5) is 15.8. The van der Waals surface area contributed by atoms with Crippen LogP contribution in [0.15, 0.2) is 35.7 Å². The second-order valence-corrected chi connectivity index (χ2v) is 6.67. The van der Waals surface area contributed by atoms with E-state index in [0.717, 1.165) is 43.6 Å². The molecule has 0 radical (unpaired) electrons. The minimum Gasteiger partial charge on any atom is -0.454 e. The quantitative estimate of drug-likeness (QED) is 0.814. The van der Waals surface area contributed by atoms with E-state index in [1.807, 2.05) is 35.6 Å². The fourth-order valence-corrected chi connectivity index (χ4v) is 4.12. The summed E-state index contributed by atoms with van der Waals surface area (Å²) in [6, 6.07) is 9.98. The third kappa shape index (κ3) is 2.39. The lowest BCUT2D eigenvalue weighted by Gasteiger charge is -2.27. The van der Waals surface area contributed by atoms with E-state index in [1.165, 1.54) is 10.4 Å². The van der Waals surface area contributed by atoms with Gasteiger partial charge in [-0.3, -0.25) is 4.90 Å². The van der Waals surface area contributed by atoms with Crippen molar-refractivity contribution in [1.29, 1.82) is 0 Å². The third-order valence-corrected chi connectivity index (χ3v) is 5.39. The van der Waals surface area contributed by atoms with Crippen LogP contribution >= 0.6 is 11.3 Å². The van der Waals surface area contributed by atoms with Crippen LogP contribution < -0.4 is 0 Å². The largest absolute Gasteiger partial charge is 0.454 e. The van der Waals surface area contributed by atoms with E-state index < -0.39 is 0 Å². The number of fused-ring (bicyclic) bond motifs is 2. The summed E-state index contributed by atoms with van der Waals surface area (Å²) in [6.45, 7) is 3.11. The first-order valence-corrected chi connectivity index (χ1v) is 8.27. The molecule has 21 heavy (non-hydrogen) atoms.